The Morgan fingerprint density at radius 2 is 2.18 bits per heavy atom. The summed E-state index contributed by atoms with van der Waals surface area (Å²) in [4.78, 5) is 14.4. The third-order valence-electron chi connectivity index (χ3n) is 4.32. The molecular formula is C16H25ClN4O. The maximum absolute atomic E-state index is 12.1. The van der Waals surface area contributed by atoms with Crippen LogP contribution in [0.4, 0.5) is 0 Å². The minimum atomic E-state index is -0.0660. The summed E-state index contributed by atoms with van der Waals surface area (Å²) in [5, 5.41) is 7.87. The van der Waals surface area contributed by atoms with Crippen LogP contribution in [0, 0.1) is 6.92 Å². The van der Waals surface area contributed by atoms with E-state index in [0.717, 1.165) is 30.5 Å². The van der Waals surface area contributed by atoms with Crippen molar-refractivity contribution in [2.45, 2.75) is 44.7 Å². The second-order valence-corrected chi connectivity index (χ2v) is 6.59. The number of aromatic nitrogens is 2. The third-order valence-corrected chi connectivity index (χ3v) is 4.77. The van der Waals surface area contributed by atoms with Gasteiger partial charge < -0.3 is 10.2 Å². The molecule has 1 N–H and O–H groups in total. The normalized spacial score (nSPS) is 22.5. The van der Waals surface area contributed by atoms with Crippen molar-refractivity contribution < 1.29 is 4.79 Å². The molecule has 0 saturated heterocycles. The smallest absolute Gasteiger partial charge is 0.244 e. The molecule has 1 amide bonds. The topological polar surface area (TPSA) is 50.2 Å². The maximum atomic E-state index is 12.1. The Labute approximate surface area is 137 Å². The first-order valence-electron chi connectivity index (χ1n) is 7.72. The summed E-state index contributed by atoms with van der Waals surface area (Å²) in [6.45, 7) is 1.88. The molecule has 1 fully saturated rings. The van der Waals surface area contributed by atoms with E-state index in [9.17, 15) is 4.79 Å². The zero-order valence-corrected chi connectivity index (χ0v) is 14.5. The van der Waals surface area contributed by atoms with Gasteiger partial charge in [0.25, 0.3) is 0 Å². The average molecular weight is 325 g/mol. The first-order chi connectivity index (χ1) is 10.4. The number of aryl methyl sites for hydroxylation is 2. The summed E-state index contributed by atoms with van der Waals surface area (Å²) >= 11 is 6.16. The molecule has 6 heteroatoms. The lowest BCUT2D eigenvalue weighted by atomic mass is 9.90. The summed E-state index contributed by atoms with van der Waals surface area (Å²) in [6, 6.07) is 0.807. The first-order valence-corrected chi connectivity index (χ1v) is 8.10. The van der Waals surface area contributed by atoms with Gasteiger partial charge >= 0.3 is 0 Å². The number of rotatable bonds is 4. The van der Waals surface area contributed by atoms with Crippen LogP contribution in [0.2, 0.25) is 5.15 Å². The monoisotopic (exact) mass is 324 g/mol. The van der Waals surface area contributed by atoms with Crippen LogP contribution in [0.3, 0.4) is 0 Å². The van der Waals surface area contributed by atoms with Crippen molar-refractivity contribution in [3.05, 3.63) is 22.5 Å². The Balaban J connectivity index is 1.94. The van der Waals surface area contributed by atoms with Gasteiger partial charge in [-0.1, -0.05) is 11.6 Å². The molecule has 0 bridgehead atoms. The van der Waals surface area contributed by atoms with Gasteiger partial charge in [-0.05, 0) is 52.8 Å². The summed E-state index contributed by atoms with van der Waals surface area (Å²) in [7, 11) is 5.99. The molecule has 1 saturated carbocycles. The Bertz CT molecular complexity index is 565. The third kappa shape index (κ3) is 4.11. The fraction of sp³-hybridized carbons (Fsp3) is 0.625. The van der Waals surface area contributed by atoms with Gasteiger partial charge in [-0.2, -0.15) is 5.10 Å². The number of hydrogen-bond donors (Lipinski definition) is 1. The van der Waals surface area contributed by atoms with Crippen molar-refractivity contribution in [3.8, 4) is 0 Å². The molecule has 2 rings (SSSR count). The van der Waals surface area contributed by atoms with Crippen LogP contribution in [0.1, 0.15) is 36.9 Å². The molecule has 0 radical (unpaired) electrons. The van der Waals surface area contributed by atoms with Crippen LogP contribution in [0.15, 0.2) is 6.08 Å². The molecule has 5 nitrogen and oxygen atoms in total. The Morgan fingerprint density at radius 1 is 1.45 bits per heavy atom. The second-order valence-electron chi connectivity index (χ2n) is 6.24. The molecular weight excluding hydrogens is 300 g/mol. The van der Waals surface area contributed by atoms with Crippen molar-refractivity contribution >= 4 is 23.6 Å². The van der Waals surface area contributed by atoms with E-state index in [2.05, 4.69) is 29.4 Å². The van der Waals surface area contributed by atoms with Crippen molar-refractivity contribution in [3.63, 3.8) is 0 Å². The zero-order valence-electron chi connectivity index (χ0n) is 13.8. The Kier molecular flexibility index (Phi) is 5.64. The van der Waals surface area contributed by atoms with E-state index in [1.807, 2.05) is 6.92 Å². The minimum absolute atomic E-state index is 0.0660. The molecule has 2 atom stereocenters. The molecule has 1 aromatic heterocycles. The van der Waals surface area contributed by atoms with Crippen LogP contribution in [-0.2, 0) is 11.8 Å². The average Bonchev–Trinajstić information content (AvgIpc) is 2.70. The minimum Gasteiger partial charge on any atom is -0.350 e. The van der Waals surface area contributed by atoms with Gasteiger partial charge in [0.15, 0.2) is 0 Å². The van der Waals surface area contributed by atoms with E-state index in [4.69, 9.17) is 11.6 Å². The molecule has 1 aromatic rings. The molecule has 0 aliphatic heterocycles. The zero-order chi connectivity index (χ0) is 16.3. The van der Waals surface area contributed by atoms with Gasteiger partial charge in [-0.15, -0.1) is 0 Å². The van der Waals surface area contributed by atoms with E-state index >= 15 is 0 Å². The van der Waals surface area contributed by atoms with Gasteiger partial charge in [0.1, 0.15) is 5.15 Å². The number of carbonyl (C=O) groups excluding carboxylic acids is 1. The first kappa shape index (κ1) is 17.0. The molecule has 22 heavy (non-hydrogen) atoms. The maximum Gasteiger partial charge on any atom is 0.244 e. The van der Waals surface area contributed by atoms with Gasteiger partial charge in [0, 0.05) is 30.8 Å². The van der Waals surface area contributed by atoms with E-state index in [-0.39, 0.29) is 11.9 Å². The van der Waals surface area contributed by atoms with Crippen LogP contribution < -0.4 is 5.32 Å². The van der Waals surface area contributed by atoms with Gasteiger partial charge in [-0.3, -0.25) is 9.48 Å². The molecule has 1 aliphatic rings. The number of nitrogens with one attached hydrogen (secondary N) is 1. The quantitative estimate of drug-likeness (QED) is 0.865. The summed E-state index contributed by atoms with van der Waals surface area (Å²) in [5.74, 6) is -0.0660. The lowest BCUT2D eigenvalue weighted by Crippen LogP contribution is -2.43. The molecule has 0 spiro atoms. The Morgan fingerprint density at radius 3 is 2.77 bits per heavy atom. The van der Waals surface area contributed by atoms with E-state index in [1.54, 1.807) is 23.9 Å². The van der Waals surface area contributed by atoms with Crippen molar-refractivity contribution in [2.24, 2.45) is 7.05 Å². The van der Waals surface area contributed by atoms with Gasteiger partial charge in [0.05, 0.1) is 5.69 Å². The summed E-state index contributed by atoms with van der Waals surface area (Å²) < 4.78 is 1.61. The number of hydrogen-bond acceptors (Lipinski definition) is 3. The van der Waals surface area contributed by atoms with E-state index in [1.165, 1.54) is 6.42 Å². The highest BCUT2D eigenvalue weighted by molar-refractivity contribution is 6.31. The van der Waals surface area contributed by atoms with Crippen LogP contribution in [0.25, 0.3) is 6.08 Å². The molecule has 2 unspecified atom stereocenters. The molecule has 122 valence electrons. The summed E-state index contributed by atoms with van der Waals surface area (Å²) in [6.07, 6.45) is 7.72. The second kappa shape index (κ2) is 7.29. The van der Waals surface area contributed by atoms with Crippen molar-refractivity contribution in [1.29, 1.82) is 0 Å². The highest BCUT2D eigenvalue weighted by Gasteiger charge is 2.23. The van der Waals surface area contributed by atoms with Crippen molar-refractivity contribution in [1.82, 2.24) is 20.0 Å². The number of nitrogens with zero attached hydrogens (tertiary/aromatic N) is 3. The largest absolute Gasteiger partial charge is 0.350 e. The number of carbonyl (C=O) groups is 1. The van der Waals surface area contributed by atoms with E-state index < -0.39 is 0 Å². The van der Waals surface area contributed by atoms with Crippen molar-refractivity contribution in [2.75, 3.05) is 14.1 Å². The predicted molar refractivity (Wildman–Crippen MR) is 89.9 cm³/mol. The Hall–Kier alpha value is -1.33. The lowest BCUT2D eigenvalue weighted by molar-refractivity contribution is -0.117. The standard InChI is InChI=1S/C16H25ClN4O/c1-11-14(16(17)21(4)19-11)8-9-15(22)18-12-6-5-7-13(10-12)20(2)3/h8-9,12-13H,5-7,10H2,1-4H3,(H,18,22)/b9-8+. The van der Waals surface area contributed by atoms with Gasteiger partial charge in [-0.25, -0.2) is 0 Å². The molecule has 1 aliphatic carbocycles. The van der Waals surface area contributed by atoms with Crippen LogP contribution in [-0.4, -0.2) is 46.8 Å². The molecule has 0 aromatic carbocycles. The van der Waals surface area contributed by atoms with Crippen LogP contribution in [0.5, 0.6) is 0 Å². The van der Waals surface area contributed by atoms with Gasteiger partial charge in [0.2, 0.25) is 5.91 Å². The fourth-order valence-corrected chi connectivity index (χ4v) is 3.25. The fourth-order valence-electron chi connectivity index (χ4n) is 3.01. The summed E-state index contributed by atoms with van der Waals surface area (Å²) in [5.41, 5.74) is 1.62. The van der Waals surface area contributed by atoms with E-state index in [0.29, 0.717) is 11.2 Å². The predicted octanol–water partition coefficient (Wildman–Crippen LogP) is 2.38. The number of halogens is 1. The SMILES string of the molecule is Cc1nn(C)c(Cl)c1/C=C/C(=O)NC1CCCC(N(C)C)C1. The molecule has 1 heterocycles. The highest BCUT2D eigenvalue weighted by Crippen LogP contribution is 2.22. The van der Waals surface area contributed by atoms with Crippen LogP contribution >= 0.6 is 11.6 Å². The number of amides is 1. The highest BCUT2D eigenvalue weighted by atomic mass is 35.5. The lowest BCUT2D eigenvalue weighted by Gasteiger charge is -2.33.